The van der Waals surface area contributed by atoms with Crippen LogP contribution in [0.15, 0.2) is 150 Å². The molecule has 0 N–H and O–H groups in total. The number of para-hydroxylation sites is 1. The molecule has 0 atom stereocenters. The van der Waals surface area contributed by atoms with E-state index in [0.717, 1.165) is 21.9 Å². The third-order valence-corrected chi connectivity index (χ3v) is 12.2. The van der Waals surface area contributed by atoms with Crippen molar-refractivity contribution in [3.63, 3.8) is 0 Å². The van der Waals surface area contributed by atoms with E-state index in [1.165, 1.54) is 88.3 Å². The lowest BCUT2D eigenvalue weighted by Gasteiger charge is -2.26. The summed E-state index contributed by atoms with van der Waals surface area (Å²) in [5.41, 5.74) is 18.0. The van der Waals surface area contributed by atoms with E-state index in [9.17, 15) is 0 Å². The quantitative estimate of drug-likeness (QED) is 0.169. The van der Waals surface area contributed by atoms with Gasteiger partial charge >= 0.3 is 0 Å². The zero-order valence-corrected chi connectivity index (χ0v) is 29.3. The van der Waals surface area contributed by atoms with Gasteiger partial charge in [-0.25, -0.2) is 0 Å². The van der Waals surface area contributed by atoms with Crippen LogP contribution in [0.5, 0.6) is 0 Å². The molecule has 51 heavy (non-hydrogen) atoms. The van der Waals surface area contributed by atoms with Gasteiger partial charge in [-0.3, -0.25) is 0 Å². The second kappa shape index (κ2) is 9.86. The normalized spacial score (nSPS) is 15.0. The topological polar surface area (TPSA) is 13.1 Å². The van der Waals surface area contributed by atoms with E-state index in [1.807, 2.05) is 6.07 Å². The molecule has 0 spiro atoms. The predicted octanol–water partition coefficient (Wildman–Crippen LogP) is 13.8. The van der Waals surface area contributed by atoms with Crippen LogP contribution in [0.1, 0.15) is 49.9 Å². The minimum atomic E-state index is -0.120. The monoisotopic (exact) mass is 652 g/mol. The zero-order chi connectivity index (χ0) is 34.2. The minimum Gasteiger partial charge on any atom is -0.456 e. The van der Waals surface area contributed by atoms with Crippen LogP contribution in [-0.4, -0.2) is 0 Å². The largest absolute Gasteiger partial charge is 0.456 e. The van der Waals surface area contributed by atoms with Crippen molar-refractivity contribution in [3.05, 3.63) is 168 Å². The van der Waals surface area contributed by atoms with Gasteiger partial charge in [-0.15, -0.1) is 0 Å². The minimum absolute atomic E-state index is 0.0223. The molecule has 0 unspecified atom stereocenters. The number of benzene rings is 8. The van der Waals surface area contributed by atoms with Crippen molar-refractivity contribution >= 4 is 43.5 Å². The highest BCUT2D eigenvalue weighted by atomic mass is 16.3. The van der Waals surface area contributed by atoms with E-state index in [-0.39, 0.29) is 10.8 Å². The van der Waals surface area contributed by atoms with Crippen LogP contribution in [-0.2, 0) is 10.8 Å². The molecular weight excluding hydrogens is 617 g/mol. The molecule has 0 fully saturated rings. The summed E-state index contributed by atoms with van der Waals surface area (Å²) in [7, 11) is 0. The fraction of sp³-hybridized carbons (Fsp3) is 0.120. The first-order valence-corrected chi connectivity index (χ1v) is 18.1. The van der Waals surface area contributed by atoms with Gasteiger partial charge in [0.1, 0.15) is 11.2 Å². The van der Waals surface area contributed by atoms with E-state index in [2.05, 4.69) is 167 Å². The predicted molar refractivity (Wildman–Crippen MR) is 215 cm³/mol. The first kappa shape index (κ1) is 28.9. The van der Waals surface area contributed by atoms with Gasteiger partial charge in [0.25, 0.3) is 0 Å². The molecule has 1 aromatic heterocycles. The van der Waals surface area contributed by atoms with Crippen molar-refractivity contribution in [3.8, 4) is 44.5 Å². The number of furan rings is 1. The molecule has 1 nitrogen and oxygen atoms in total. The van der Waals surface area contributed by atoms with E-state index >= 15 is 0 Å². The molecule has 2 aliphatic rings. The van der Waals surface area contributed by atoms with E-state index < -0.39 is 0 Å². The molecule has 11 rings (SSSR count). The Morgan fingerprint density at radius 3 is 1.59 bits per heavy atom. The van der Waals surface area contributed by atoms with Gasteiger partial charge in [0.2, 0.25) is 0 Å². The van der Waals surface area contributed by atoms with Crippen molar-refractivity contribution in [2.75, 3.05) is 0 Å². The maximum absolute atomic E-state index is 6.38. The standard InChI is InChI=1S/C50H36O/c1-49(2)40-19-11-9-18-38(40)47-42(49)26-24-37-39-27-29(22-25-41(39)50(3,4)48(37)47)45-33-14-5-7-16-35(33)46(36-17-8-6-15-34(36)45)30-21-23-32-31-13-10-12-20-43(31)51-44(32)28-30/h5-28H,1-4H3. The molecular formula is C50H36O. The van der Waals surface area contributed by atoms with Crippen LogP contribution in [0, 0.1) is 0 Å². The zero-order valence-electron chi connectivity index (χ0n) is 29.3. The summed E-state index contributed by atoms with van der Waals surface area (Å²) in [5, 5.41) is 7.33. The Labute approximate surface area is 297 Å². The second-order valence-corrected chi connectivity index (χ2v) is 15.6. The fourth-order valence-corrected chi connectivity index (χ4v) is 9.90. The van der Waals surface area contributed by atoms with E-state index in [0.29, 0.717) is 0 Å². The molecule has 2 aliphatic carbocycles. The summed E-state index contributed by atoms with van der Waals surface area (Å²) in [6, 6.07) is 54.1. The summed E-state index contributed by atoms with van der Waals surface area (Å²) in [6.45, 7) is 9.60. The highest BCUT2D eigenvalue weighted by molar-refractivity contribution is 6.22. The first-order chi connectivity index (χ1) is 24.8. The molecule has 0 saturated carbocycles. The Morgan fingerprint density at radius 1 is 0.353 bits per heavy atom. The third-order valence-electron chi connectivity index (χ3n) is 12.2. The summed E-state index contributed by atoms with van der Waals surface area (Å²) in [6.07, 6.45) is 0. The summed E-state index contributed by atoms with van der Waals surface area (Å²) in [5.74, 6) is 0. The van der Waals surface area contributed by atoms with E-state index in [4.69, 9.17) is 4.42 Å². The maximum Gasteiger partial charge on any atom is 0.136 e. The average Bonchev–Trinajstić information content (AvgIpc) is 3.72. The van der Waals surface area contributed by atoms with Gasteiger partial charge < -0.3 is 4.42 Å². The number of rotatable bonds is 2. The smallest absolute Gasteiger partial charge is 0.136 e. The molecule has 1 heterocycles. The summed E-state index contributed by atoms with van der Waals surface area (Å²) in [4.78, 5) is 0. The van der Waals surface area contributed by atoms with Gasteiger partial charge in [-0.1, -0.05) is 149 Å². The average molecular weight is 653 g/mol. The molecule has 1 heteroatoms. The maximum atomic E-state index is 6.38. The molecule has 242 valence electrons. The highest BCUT2D eigenvalue weighted by Crippen LogP contribution is 2.59. The Balaban J connectivity index is 1.16. The van der Waals surface area contributed by atoms with E-state index in [1.54, 1.807) is 0 Å². The molecule has 0 saturated heterocycles. The van der Waals surface area contributed by atoms with Gasteiger partial charge in [-0.05, 0) is 113 Å². The van der Waals surface area contributed by atoms with Crippen LogP contribution >= 0.6 is 0 Å². The Kier molecular flexibility index (Phi) is 5.58. The van der Waals surface area contributed by atoms with Crippen molar-refractivity contribution in [1.82, 2.24) is 0 Å². The molecule has 0 amide bonds. The van der Waals surface area contributed by atoms with Crippen molar-refractivity contribution in [2.24, 2.45) is 0 Å². The van der Waals surface area contributed by atoms with Gasteiger partial charge in [0.05, 0.1) is 0 Å². The van der Waals surface area contributed by atoms with Gasteiger partial charge in [0, 0.05) is 21.6 Å². The van der Waals surface area contributed by atoms with Gasteiger partial charge in [0.15, 0.2) is 0 Å². The Bertz CT molecular complexity index is 2910. The van der Waals surface area contributed by atoms with Crippen molar-refractivity contribution in [1.29, 1.82) is 0 Å². The fourth-order valence-electron chi connectivity index (χ4n) is 9.90. The molecule has 0 bridgehead atoms. The van der Waals surface area contributed by atoms with Crippen molar-refractivity contribution < 1.29 is 4.42 Å². The summed E-state index contributed by atoms with van der Waals surface area (Å²) < 4.78 is 6.38. The van der Waals surface area contributed by atoms with Crippen LogP contribution < -0.4 is 0 Å². The highest BCUT2D eigenvalue weighted by Gasteiger charge is 2.44. The molecule has 0 radical (unpaired) electrons. The lowest BCUT2D eigenvalue weighted by molar-refractivity contribution is 0.647. The van der Waals surface area contributed by atoms with Crippen LogP contribution in [0.2, 0.25) is 0 Å². The second-order valence-electron chi connectivity index (χ2n) is 15.6. The number of hydrogen-bond donors (Lipinski definition) is 0. The Morgan fingerprint density at radius 2 is 0.882 bits per heavy atom. The molecule has 9 aromatic rings. The van der Waals surface area contributed by atoms with Crippen LogP contribution in [0.4, 0.5) is 0 Å². The number of hydrogen-bond acceptors (Lipinski definition) is 1. The third kappa shape index (κ3) is 3.71. The molecule has 8 aromatic carbocycles. The van der Waals surface area contributed by atoms with Gasteiger partial charge in [-0.2, -0.15) is 0 Å². The lowest BCUT2D eigenvalue weighted by atomic mass is 9.77. The SMILES string of the molecule is CC1(C)c2ccccc2-c2c1ccc1c2C(C)(C)c2ccc(-c3c4ccccc4c(-c4ccc5c(c4)oc4ccccc45)c4ccccc34)cc2-1. The number of fused-ring (bicyclic) bond motifs is 12. The van der Waals surface area contributed by atoms with Crippen LogP contribution in [0.25, 0.3) is 88.0 Å². The first-order valence-electron chi connectivity index (χ1n) is 18.1. The van der Waals surface area contributed by atoms with Crippen LogP contribution in [0.3, 0.4) is 0 Å². The van der Waals surface area contributed by atoms with Crippen molar-refractivity contribution in [2.45, 2.75) is 38.5 Å². The Hall–Kier alpha value is -5.92. The summed E-state index contributed by atoms with van der Waals surface area (Å²) >= 11 is 0. The molecule has 0 aliphatic heterocycles. The lowest BCUT2D eigenvalue weighted by Crippen LogP contribution is -2.18.